The molecule has 0 radical (unpaired) electrons. The molecule has 0 aliphatic carbocycles. The van der Waals surface area contributed by atoms with Gasteiger partial charge in [-0.3, -0.25) is 0 Å². The molecule has 0 aliphatic rings. The molecule has 0 fully saturated rings. The first-order chi connectivity index (χ1) is 10.6. The van der Waals surface area contributed by atoms with Crippen molar-refractivity contribution in [3.8, 4) is 0 Å². The minimum Gasteiger partial charge on any atom is -0.416 e. The molecule has 0 saturated carbocycles. The molecule has 0 aliphatic heterocycles. The molecule has 3 rings (SSSR count). The number of aromatic nitrogens is 2. The van der Waals surface area contributed by atoms with Gasteiger partial charge in [-0.05, 0) is 48.9 Å². The fourth-order valence-electron chi connectivity index (χ4n) is 2.50. The van der Waals surface area contributed by atoms with Gasteiger partial charge in [0.2, 0.25) is 5.89 Å². The largest absolute Gasteiger partial charge is 0.416 e. The van der Waals surface area contributed by atoms with E-state index >= 15 is 0 Å². The van der Waals surface area contributed by atoms with Crippen LogP contribution in [0, 0.1) is 20.8 Å². The van der Waals surface area contributed by atoms with Crippen LogP contribution in [0.25, 0.3) is 0 Å². The van der Waals surface area contributed by atoms with Crippen molar-refractivity contribution in [1.29, 1.82) is 0 Å². The van der Waals surface area contributed by atoms with Crippen molar-refractivity contribution in [2.75, 3.05) is 0 Å². The quantitative estimate of drug-likeness (QED) is 0.621. The minimum atomic E-state index is 0.644. The third kappa shape index (κ3) is 3.59. The third-order valence-electron chi connectivity index (χ3n) is 3.53. The van der Waals surface area contributed by atoms with Crippen molar-refractivity contribution in [2.24, 2.45) is 0 Å². The first-order valence-electron chi connectivity index (χ1n) is 7.16. The van der Waals surface area contributed by atoms with Crippen LogP contribution in [0.3, 0.4) is 0 Å². The van der Waals surface area contributed by atoms with Crippen molar-refractivity contribution in [1.82, 2.24) is 10.2 Å². The van der Waals surface area contributed by atoms with E-state index in [0.29, 0.717) is 17.5 Å². The molecule has 22 heavy (non-hydrogen) atoms. The van der Waals surface area contributed by atoms with Crippen LogP contribution in [0.1, 0.15) is 33.0 Å². The summed E-state index contributed by atoms with van der Waals surface area (Å²) in [6.07, 6.45) is 0.716. The number of thioether (sulfide) groups is 1. The Labute approximate surface area is 138 Å². The van der Waals surface area contributed by atoms with E-state index < -0.39 is 0 Å². The molecule has 114 valence electrons. The Morgan fingerprint density at radius 2 is 1.91 bits per heavy atom. The molecule has 0 N–H and O–H groups in total. The SMILES string of the molecule is Cc1cc(C)c(CSc2nnc(Cc3cccs3)o2)c(C)c1. The summed E-state index contributed by atoms with van der Waals surface area (Å²) in [6.45, 7) is 6.45. The first-order valence-corrected chi connectivity index (χ1v) is 9.02. The topological polar surface area (TPSA) is 38.9 Å². The van der Waals surface area contributed by atoms with Gasteiger partial charge in [0.25, 0.3) is 5.22 Å². The average molecular weight is 330 g/mol. The first kappa shape index (κ1) is 15.3. The normalized spacial score (nSPS) is 11.0. The summed E-state index contributed by atoms with van der Waals surface area (Å²) in [6, 6.07) is 8.56. The molecule has 0 spiro atoms. The van der Waals surface area contributed by atoms with E-state index in [2.05, 4.69) is 54.5 Å². The highest BCUT2D eigenvalue weighted by Crippen LogP contribution is 2.27. The molecule has 0 saturated heterocycles. The maximum Gasteiger partial charge on any atom is 0.276 e. The van der Waals surface area contributed by atoms with E-state index in [1.807, 2.05) is 6.07 Å². The lowest BCUT2D eigenvalue weighted by molar-refractivity contribution is 0.421. The second-order valence-electron chi connectivity index (χ2n) is 5.38. The van der Waals surface area contributed by atoms with Gasteiger partial charge in [0.15, 0.2) is 0 Å². The highest BCUT2D eigenvalue weighted by molar-refractivity contribution is 7.98. The minimum absolute atomic E-state index is 0.644. The molecule has 0 atom stereocenters. The van der Waals surface area contributed by atoms with Crippen molar-refractivity contribution in [3.05, 3.63) is 62.7 Å². The van der Waals surface area contributed by atoms with E-state index in [1.54, 1.807) is 23.1 Å². The molecular formula is C17H18N2OS2. The predicted octanol–water partition coefficient (Wildman–Crippen LogP) is 4.94. The van der Waals surface area contributed by atoms with Crippen molar-refractivity contribution in [3.63, 3.8) is 0 Å². The molecule has 0 unspecified atom stereocenters. The van der Waals surface area contributed by atoms with Crippen molar-refractivity contribution >= 4 is 23.1 Å². The van der Waals surface area contributed by atoms with Crippen molar-refractivity contribution < 1.29 is 4.42 Å². The Kier molecular flexibility index (Phi) is 4.64. The number of benzene rings is 1. The fraction of sp³-hybridized carbons (Fsp3) is 0.294. The van der Waals surface area contributed by atoms with E-state index in [-0.39, 0.29) is 0 Å². The average Bonchev–Trinajstić information content (AvgIpc) is 3.10. The van der Waals surface area contributed by atoms with E-state index in [1.165, 1.54) is 27.1 Å². The van der Waals surface area contributed by atoms with Crippen LogP contribution >= 0.6 is 23.1 Å². The van der Waals surface area contributed by atoms with Gasteiger partial charge in [0.05, 0.1) is 6.42 Å². The smallest absolute Gasteiger partial charge is 0.276 e. The summed E-state index contributed by atoms with van der Waals surface area (Å²) >= 11 is 3.31. The summed E-state index contributed by atoms with van der Waals surface area (Å²) in [7, 11) is 0. The van der Waals surface area contributed by atoms with Crippen molar-refractivity contribution in [2.45, 2.75) is 38.2 Å². The molecule has 2 aromatic heterocycles. The summed E-state index contributed by atoms with van der Waals surface area (Å²) < 4.78 is 5.73. The molecule has 3 aromatic rings. The maximum absolute atomic E-state index is 5.73. The van der Waals surface area contributed by atoms with Gasteiger partial charge in [-0.25, -0.2) is 0 Å². The number of nitrogens with zero attached hydrogens (tertiary/aromatic N) is 2. The van der Waals surface area contributed by atoms with Gasteiger partial charge in [0, 0.05) is 10.6 Å². The second kappa shape index (κ2) is 6.67. The molecule has 0 bridgehead atoms. The van der Waals surface area contributed by atoms with Crippen LogP contribution in [-0.4, -0.2) is 10.2 Å². The van der Waals surface area contributed by atoms with Gasteiger partial charge >= 0.3 is 0 Å². The molecule has 3 nitrogen and oxygen atoms in total. The molecule has 2 heterocycles. The van der Waals surface area contributed by atoms with Crippen LogP contribution in [0.15, 0.2) is 39.3 Å². The summed E-state index contributed by atoms with van der Waals surface area (Å²) in [5.74, 6) is 1.54. The van der Waals surface area contributed by atoms with Crippen LogP contribution < -0.4 is 0 Å². The molecule has 1 aromatic carbocycles. The Morgan fingerprint density at radius 3 is 2.59 bits per heavy atom. The monoisotopic (exact) mass is 330 g/mol. The summed E-state index contributed by atoms with van der Waals surface area (Å²) in [5, 5.41) is 11.0. The van der Waals surface area contributed by atoms with Crippen LogP contribution in [-0.2, 0) is 12.2 Å². The lowest BCUT2D eigenvalue weighted by Crippen LogP contribution is -1.93. The zero-order valence-corrected chi connectivity index (χ0v) is 14.6. The Hall–Kier alpha value is -1.59. The zero-order valence-electron chi connectivity index (χ0n) is 12.9. The molecule has 5 heteroatoms. The van der Waals surface area contributed by atoms with E-state index in [0.717, 1.165) is 5.75 Å². The molecule has 0 amide bonds. The Balaban J connectivity index is 1.66. The second-order valence-corrected chi connectivity index (χ2v) is 7.34. The van der Waals surface area contributed by atoms with Gasteiger partial charge in [-0.1, -0.05) is 35.5 Å². The predicted molar refractivity (Wildman–Crippen MR) is 91.6 cm³/mol. The van der Waals surface area contributed by atoms with E-state index in [9.17, 15) is 0 Å². The standard InChI is InChI=1S/C17H18N2OS2/c1-11-7-12(2)15(13(3)8-11)10-22-17-19-18-16(20-17)9-14-5-4-6-21-14/h4-8H,9-10H2,1-3H3. The number of thiophene rings is 1. The number of hydrogen-bond acceptors (Lipinski definition) is 5. The summed E-state index contributed by atoms with van der Waals surface area (Å²) in [5.41, 5.74) is 5.31. The lowest BCUT2D eigenvalue weighted by Gasteiger charge is -2.09. The van der Waals surface area contributed by atoms with Crippen LogP contribution in [0.2, 0.25) is 0 Å². The Morgan fingerprint density at radius 1 is 1.14 bits per heavy atom. The number of rotatable bonds is 5. The van der Waals surface area contributed by atoms with E-state index in [4.69, 9.17) is 4.42 Å². The van der Waals surface area contributed by atoms with Gasteiger partial charge in [-0.15, -0.1) is 21.5 Å². The third-order valence-corrected chi connectivity index (χ3v) is 5.26. The number of hydrogen-bond donors (Lipinski definition) is 0. The zero-order chi connectivity index (χ0) is 15.5. The fourth-order valence-corrected chi connectivity index (χ4v) is 4.17. The Bertz CT molecular complexity index is 740. The maximum atomic E-state index is 5.73. The van der Waals surface area contributed by atoms with Gasteiger partial charge in [0.1, 0.15) is 0 Å². The summed E-state index contributed by atoms with van der Waals surface area (Å²) in [4.78, 5) is 1.24. The van der Waals surface area contributed by atoms with Gasteiger partial charge < -0.3 is 4.42 Å². The van der Waals surface area contributed by atoms with Crippen LogP contribution in [0.4, 0.5) is 0 Å². The lowest BCUT2D eigenvalue weighted by atomic mass is 10.0. The highest BCUT2D eigenvalue weighted by atomic mass is 32.2. The van der Waals surface area contributed by atoms with Gasteiger partial charge in [-0.2, -0.15) is 0 Å². The highest BCUT2D eigenvalue weighted by Gasteiger charge is 2.10. The number of aryl methyl sites for hydroxylation is 3. The van der Waals surface area contributed by atoms with Crippen LogP contribution in [0.5, 0.6) is 0 Å². The molecular weight excluding hydrogens is 312 g/mol.